The third-order valence-electron chi connectivity index (χ3n) is 3.19. The average molecular weight is 273 g/mol. The van der Waals surface area contributed by atoms with Crippen LogP contribution >= 0.6 is 11.3 Å². The first-order valence-corrected chi connectivity index (χ1v) is 6.93. The predicted octanol–water partition coefficient (Wildman–Crippen LogP) is 2.84. The summed E-state index contributed by atoms with van der Waals surface area (Å²) in [6.45, 7) is 2.52. The summed E-state index contributed by atoms with van der Waals surface area (Å²) in [5, 5.41) is 2.09. The largest absolute Gasteiger partial charge is 0.496 e. The van der Waals surface area contributed by atoms with Crippen molar-refractivity contribution in [3.63, 3.8) is 0 Å². The number of para-hydroxylation sites is 1. The van der Waals surface area contributed by atoms with Gasteiger partial charge in [-0.05, 0) is 19.1 Å². The molecule has 0 radical (unpaired) electrons. The summed E-state index contributed by atoms with van der Waals surface area (Å²) in [6, 6.07) is 7.89. The summed E-state index contributed by atoms with van der Waals surface area (Å²) in [6.07, 6.45) is 0. The van der Waals surface area contributed by atoms with Gasteiger partial charge in [0.25, 0.3) is 0 Å². The van der Waals surface area contributed by atoms with Gasteiger partial charge in [0.2, 0.25) is 0 Å². The van der Waals surface area contributed by atoms with Crippen LogP contribution in [0.25, 0.3) is 16.2 Å². The molecule has 4 nitrogen and oxygen atoms in total. The Morgan fingerprint density at radius 2 is 2.16 bits per heavy atom. The van der Waals surface area contributed by atoms with Gasteiger partial charge in [-0.2, -0.15) is 0 Å². The molecule has 2 heterocycles. The van der Waals surface area contributed by atoms with Gasteiger partial charge in [-0.3, -0.25) is 4.40 Å². The van der Waals surface area contributed by atoms with Crippen molar-refractivity contribution < 1.29 is 4.74 Å². The number of thiazole rings is 1. The average Bonchev–Trinajstić information content (AvgIpc) is 2.98. The van der Waals surface area contributed by atoms with E-state index in [2.05, 4.69) is 16.7 Å². The zero-order chi connectivity index (χ0) is 13.4. The Kier molecular flexibility index (Phi) is 3.00. The molecule has 0 saturated carbocycles. The van der Waals surface area contributed by atoms with Crippen LogP contribution in [-0.2, 0) is 6.54 Å². The summed E-state index contributed by atoms with van der Waals surface area (Å²) in [7, 11) is 1.67. The maximum Gasteiger partial charge on any atom is 0.194 e. The van der Waals surface area contributed by atoms with Crippen molar-refractivity contribution in [2.75, 3.05) is 7.11 Å². The van der Waals surface area contributed by atoms with Crippen LogP contribution in [0.3, 0.4) is 0 Å². The van der Waals surface area contributed by atoms with Crippen LogP contribution in [0.15, 0.2) is 29.6 Å². The molecular formula is C14H15N3OS. The van der Waals surface area contributed by atoms with Crippen molar-refractivity contribution in [3.8, 4) is 17.0 Å². The van der Waals surface area contributed by atoms with E-state index in [1.54, 1.807) is 18.4 Å². The molecule has 0 fully saturated rings. The molecule has 0 saturated heterocycles. The van der Waals surface area contributed by atoms with E-state index < -0.39 is 0 Å². The van der Waals surface area contributed by atoms with Crippen LogP contribution in [0.2, 0.25) is 0 Å². The Labute approximate surface area is 115 Å². The minimum Gasteiger partial charge on any atom is -0.496 e. The van der Waals surface area contributed by atoms with Crippen LogP contribution in [-0.4, -0.2) is 16.5 Å². The lowest BCUT2D eigenvalue weighted by Crippen LogP contribution is -2.03. The van der Waals surface area contributed by atoms with Crippen LogP contribution < -0.4 is 10.5 Å². The molecule has 3 rings (SSSR count). The summed E-state index contributed by atoms with van der Waals surface area (Å²) >= 11 is 1.63. The first kappa shape index (κ1) is 12.2. The van der Waals surface area contributed by atoms with E-state index in [0.29, 0.717) is 6.54 Å². The number of ether oxygens (including phenoxy) is 1. The molecule has 0 unspecified atom stereocenters. The van der Waals surface area contributed by atoms with Gasteiger partial charge in [-0.1, -0.05) is 12.1 Å². The maximum atomic E-state index is 5.92. The fraction of sp³-hybridized carbons (Fsp3) is 0.214. The van der Waals surface area contributed by atoms with Crippen molar-refractivity contribution in [2.24, 2.45) is 5.73 Å². The number of rotatable bonds is 3. The van der Waals surface area contributed by atoms with Gasteiger partial charge in [-0.15, -0.1) is 11.3 Å². The second-order valence-corrected chi connectivity index (χ2v) is 5.14. The second kappa shape index (κ2) is 4.68. The van der Waals surface area contributed by atoms with E-state index in [0.717, 1.165) is 33.4 Å². The molecule has 2 N–H and O–H groups in total. The molecule has 0 aliphatic carbocycles. The molecule has 2 aromatic heterocycles. The molecule has 3 aromatic rings. The van der Waals surface area contributed by atoms with E-state index in [1.807, 2.05) is 24.3 Å². The van der Waals surface area contributed by atoms with Crippen LogP contribution in [0.1, 0.15) is 11.4 Å². The van der Waals surface area contributed by atoms with Crippen molar-refractivity contribution in [1.29, 1.82) is 0 Å². The van der Waals surface area contributed by atoms with Crippen molar-refractivity contribution in [2.45, 2.75) is 13.5 Å². The highest BCUT2D eigenvalue weighted by molar-refractivity contribution is 7.15. The van der Waals surface area contributed by atoms with E-state index >= 15 is 0 Å². The quantitative estimate of drug-likeness (QED) is 0.798. The number of methoxy groups -OCH3 is 1. The summed E-state index contributed by atoms with van der Waals surface area (Å²) < 4.78 is 7.53. The Hall–Kier alpha value is -1.85. The highest BCUT2D eigenvalue weighted by atomic mass is 32.1. The number of fused-ring (bicyclic) bond motifs is 1. The molecule has 0 spiro atoms. The number of hydrogen-bond donors (Lipinski definition) is 1. The van der Waals surface area contributed by atoms with Gasteiger partial charge in [0.15, 0.2) is 4.96 Å². The van der Waals surface area contributed by atoms with E-state index in [4.69, 9.17) is 15.5 Å². The molecule has 98 valence electrons. The number of benzene rings is 1. The van der Waals surface area contributed by atoms with Crippen molar-refractivity contribution >= 4 is 16.3 Å². The van der Waals surface area contributed by atoms with Gasteiger partial charge in [0, 0.05) is 23.2 Å². The zero-order valence-corrected chi connectivity index (χ0v) is 11.7. The monoisotopic (exact) mass is 273 g/mol. The Morgan fingerprint density at radius 3 is 2.89 bits per heavy atom. The number of nitrogens with zero attached hydrogens (tertiary/aromatic N) is 2. The maximum absolute atomic E-state index is 5.92. The smallest absolute Gasteiger partial charge is 0.194 e. The molecule has 0 aliphatic heterocycles. The van der Waals surface area contributed by atoms with E-state index in [9.17, 15) is 0 Å². The number of hydrogen-bond acceptors (Lipinski definition) is 4. The lowest BCUT2D eigenvalue weighted by molar-refractivity contribution is 0.416. The number of aryl methyl sites for hydroxylation is 1. The van der Waals surface area contributed by atoms with Gasteiger partial charge < -0.3 is 10.5 Å². The third kappa shape index (κ3) is 1.82. The topological polar surface area (TPSA) is 52.5 Å². The number of aromatic nitrogens is 2. The van der Waals surface area contributed by atoms with E-state index in [-0.39, 0.29) is 0 Å². The fourth-order valence-electron chi connectivity index (χ4n) is 2.31. The molecule has 0 atom stereocenters. The summed E-state index contributed by atoms with van der Waals surface area (Å²) in [5.74, 6) is 0.820. The van der Waals surface area contributed by atoms with Crippen molar-refractivity contribution in [3.05, 3.63) is 41.0 Å². The first-order valence-electron chi connectivity index (χ1n) is 6.05. The highest BCUT2D eigenvalue weighted by Gasteiger charge is 2.17. The van der Waals surface area contributed by atoms with E-state index in [1.165, 1.54) is 0 Å². The normalized spacial score (nSPS) is 11.1. The van der Waals surface area contributed by atoms with Gasteiger partial charge in [-0.25, -0.2) is 4.98 Å². The summed E-state index contributed by atoms with van der Waals surface area (Å²) in [5.41, 5.74) is 10.0. The molecule has 1 aromatic carbocycles. The second-order valence-electron chi connectivity index (χ2n) is 4.31. The number of nitrogens with two attached hydrogens (primary N) is 1. The fourth-order valence-corrected chi connectivity index (χ4v) is 3.19. The Bertz CT molecular complexity index is 729. The van der Waals surface area contributed by atoms with Gasteiger partial charge >= 0.3 is 0 Å². The minimum atomic E-state index is 0.451. The lowest BCUT2D eigenvalue weighted by atomic mass is 10.1. The lowest BCUT2D eigenvalue weighted by Gasteiger charge is -2.07. The van der Waals surface area contributed by atoms with Crippen LogP contribution in [0.5, 0.6) is 5.75 Å². The van der Waals surface area contributed by atoms with Crippen LogP contribution in [0, 0.1) is 6.92 Å². The first-order chi connectivity index (χ1) is 9.26. The van der Waals surface area contributed by atoms with Gasteiger partial charge in [0.05, 0.1) is 18.5 Å². The molecule has 0 bridgehead atoms. The Balaban J connectivity index is 2.30. The standard InChI is InChI=1S/C14H15N3OS/c1-9-8-19-14-16-13(11(7-15)17(9)14)10-5-3-4-6-12(10)18-2/h3-6,8H,7,15H2,1-2H3. The molecule has 5 heteroatoms. The number of imidazole rings is 1. The zero-order valence-electron chi connectivity index (χ0n) is 10.9. The minimum absolute atomic E-state index is 0.451. The molecular weight excluding hydrogens is 258 g/mol. The third-order valence-corrected chi connectivity index (χ3v) is 4.13. The van der Waals surface area contributed by atoms with Gasteiger partial charge in [0.1, 0.15) is 5.75 Å². The molecule has 0 aliphatic rings. The molecule has 0 amide bonds. The Morgan fingerprint density at radius 1 is 1.37 bits per heavy atom. The van der Waals surface area contributed by atoms with Crippen LogP contribution in [0.4, 0.5) is 0 Å². The van der Waals surface area contributed by atoms with Crippen molar-refractivity contribution in [1.82, 2.24) is 9.38 Å². The highest BCUT2D eigenvalue weighted by Crippen LogP contribution is 2.33. The summed E-state index contributed by atoms with van der Waals surface area (Å²) in [4.78, 5) is 5.68. The SMILES string of the molecule is COc1ccccc1-c1nc2scc(C)n2c1CN. The predicted molar refractivity (Wildman–Crippen MR) is 77.7 cm³/mol. The molecule has 19 heavy (non-hydrogen) atoms.